The lowest BCUT2D eigenvalue weighted by Crippen LogP contribution is -2.44. The van der Waals surface area contributed by atoms with E-state index in [-0.39, 0.29) is 30.1 Å². The molecule has 9 heteroatoms. The third-order valence-electron chi connectivity index (χ3n) is 5.55. The Morgan fingerprint density at radius 3 is 2.69 bits per heavy atom. The number of methoxy groups -OCH3 is 1. The summed E-state index contributed by atoms with van der Waals surface area (Å²) in [7, 11) is 3.49. The van der Waals surface area contributed by atoms with Gasteiger partial charge < -0.3 is 25.2 Å². The molecule has 1 unspecified atom stereocenters. The quantitative estimate of drug-likeness (QED) is 0.249. The summed E-state index contributed by atoms with van der Waals surface area (Å²) in [5.41, 5.74) is 0.651. The van der Waals surface area contributed by atoms with Crippen LogP contribution in [0.15, 0.2) is 35.6 Å². The Morgan fingerprint density at radius 1 is 1.31 bits per heavy atom. The van der Waals surface area contributed by atoms with Crippen LogP contribution >= 0.6 is 24.0 Å². The Morgan fingerprint density at radius 2 is 2.06 bits per heavy atom. The van der Waals surface area contributed by atoms with E-state index in [2.05, 4.69) is 15.7 Å². The van der Waals surface area contributed by atoms with Gasteiger partial charge in [-0.1, -0.05) is 12.1 Å². The molecule has 1 atom stereocenters. The van der Waals surface area contributed by atoms with Gasteiger partial charge in [0, 0.05) is 30.9 Å². The number of ether oxygens (including phenoxy) is 2. The number of guanidine groups is 1. The maximum absolute atomic E-state index is 10.8. The van der Waals surface area contributed by atoms with Crippen LogP contribution in [-0.2, 0) is 19.2 Å². The van der Waals surface area contributed by atoms with Crippen molar-refractivity contribution in [2.24, 2.45) is 12.0 Å². The summed E-state index contributed by atoms with van der Waals surface area (Å²) in [6.45, 7) is 5.22. The third-order valence-corrected chi connectivity index (χ3v) is 5.55. The lowest BCUT2D eigenvalue weighted by atomic mass is 10.00. The minimum absolute atomic E-state index is 0. The number of nitrogens with one attached hydrogen (secondary N) is 2. The Balaban J connectivity index is 0.00000363. The summed E-state index contributed by atoms with van der Waals surface area (Å²) in [6, 6.07) is 5.90. The number of aromatic nitrogens is 2. The number of rotatable bonds is 9. The van der Waals surface area contributed by atoms with Crippen molar-refractivity contribution in [3.8, 4) is 11.5 Å². The van der Waals surface area contributed by atoms with Gasteiger partial charge in [-0.3, -0.25) is 4.68 Å². The lowest BCUT2D eigenvalue weighted by molar-refractivity contribution is 0.0616. The van der Waals surface area contributed by atoms with Crippen LogP contribution in [0.25, 0.3) is 0 Å². The molecule has 178 valence electrons. The maximum Gasteiger partial charge on any atom is 0.191 e. The zero-order chi connectivity index (χ0) is 22.3. The highest BCUT2D eigenvalue weighted by Gasteiger charge is 2.25. The van der Waals surface area contributed by atoms with Gasteiger partial charge in [-0.05, 0) is 45.6 Å². The van der Waals surface area contributed by atoms with Crippen molar-refractivity contribution in [1.82, 2.24) is 20.4 Å². The first-order chi connectivity index (χ1) is 14.9. The molecule has 3 rings (SSSR count). The molecule has 0 spiro atoms. The van der Waals surface area contributed by atoms with E-state index in [1.807, 2.05) is 38.4 Å². The summed E-state index contributed by atoms with van der Waals surface area (Å²) >= 11 is 0. The highest BCUT2D eigenvalue weighted by Crippen LogP contribution is 2.35. The Kier molecular flexibility index (Phi) is 10.1. The number of halogens is 1. The van der Waals surface area contributed by atoms with E-state index in [0.717, 1.165) is 35.5 Å². The van der Waals surface area contributed by atoms with Crippen LogP contribution in [0, 0.1) is 0 Å². The van der Waals surface area contributed by atoms with Gasteiger partial charge in [0.05, 0.1) is 32.5 Å². The van der Waals surface area contributed by atoms with Crippen molar-refractivity contribution in [2.45, 2.75) is 57.8 Å². The Bertz CT molecular complexity index is 878. The van der Waals surface area contributed by atoms with Crippen LogP contribution in [-0.4, -0.2) is 47.1 Å². The lowest BCUT2D eigenvalue weighted by Gasteiger charge is -2.24. The number of hydrogen-bond donors (Lipinski definition) is 3. The average Bonchev–Trinajstić information content (AvgIpc) is 3.43. The van der Waals surface area contributed by atoms with Crippen LogP contribution in [0.1, 0.15) is 50.7 Å². The van der Waals surface area contributed by atoms with Gasteiger partial charge in [-0.2, -0.15) is 5.10 Å². The highest BCUT2D eigenvalue weighted by atomic mass is 127. The fourth-order valence-electron chi connectivity index (χ4n) is 3.72. The number of para-hydroxylation sites is 1. The van der Waals surface area contributed by atoms with Crippen molar-refractivity contribution in [3.63, 3.8) is 0 Å². The molecule has 1 heterocycles. The summed E-state index contributed by atoms with van der Waals surface area (Å²) in [5, 5.41) is 21.5. The fourth-order valence-corrected chi connectivity index (χ4v) is 3.72. The number of benzene rings is 1. The van der Waals surface area contributed by atoms with Crippen molar-refractivity contribution in [1.29, 1.82) is 0 Å². The van der Waals surface area contributed by atoms with E-state index in [1.54, 1.807) is 24.9 Å². The second-order valence-corrected chi connectivity index (χ2v) is 8.20. The predicted molar refractivity (Wildman–Crippen MR) is 137 cm³/mol. The van der Waals surface area contributed by atoms with Gasteiger partial charge in [0.15, 0.2) is 17.5 Å². The van der Waals surface area contributed by atoms with Gasteiger partial charge in [0.1, 0.15) is 5.60 Å². The van der Waals surface area contributed by atoms with Crippen molar-refractivity contribution >= 4 is 29.9 Å². The molecule has 0 aliphatic heterocycles. The Labute approximate surface area is 207 Å². The van der Waals surface area contributed by atoms with Crippen LogP contribution in [0.5, 0.6) is 11.5 Å². The van der Waals surface area contributed by atoms with Gasteiger partial charge >= 0.3 is 0 Å². The zero-order valence-corrected chi connectivity index (χ0v) is 21.8. The van der Waals surface area contributed by atoms with Gasteiger partial charge in [-0.25, -0.2) is 4.99 Å². The smallest absolute Gasteiger partial charge is 0.191 e. The molecule has 1 fully saturated rings. The fraction of sp³-hybridized carbons (Fsp3) is 0.565. The first-order valence-electron chi connectivity index (χ1n) is 11.0. The SMILES string of the molecule is CCNC(=NCc1cccc(OC)c1OC1CCCC1)NCC(C)(O)c1cnn(C)c1.I. The molecule has 32 heavy (non-hydrogen) atoms. The predicted octanol–water partition coefficient (Wildman–Crippen LogP) is 3.33. The molecule has 1 aliphatic rings. The standard InChI is InChI=1S/C23H35N5O3.HI/c1-5-24-22(26-16-23(2,29)18-14-27-28(3)15-18)25-13-17-9-8-12-20(30-4)21(17)31-19-10-6-7-11-19;/h8-9,12,14-15,19,29H,5-7,10-11,13,16H2,1-4H3,(H2,24,25,26);1H. The van der Waals surface area contributed by atoms with E-state index in [1.165, 1.54) is 12.8 Å². The molecular formula is C23H36IN5O3. The first-order valence-corrected chi connectivity index (χ1v) is 11.0. The number of hydrogen-bond acceptors (Lipinski definition) is 5. The first kappa shape index (κ1) is 26.2. The molecule has 1 aromatic heterocycles. The molecule has 0 radical (unpaired) electrons. The molecule has 1 aromatic carbocycles. The minimum Gasteiger partial charge on any atom is -0.493 e. The molecule has 0 saturated heterocycles. The van der Waals surface area contributed by atoms with Crippen LogP contribution in [0.3, 0.4) is 0 Å². The van der Waals surface area contributed by atoms with Crippen molar-refractivity contribution in [2.75, 3.05) is 20.2 Å². The molecule has 8 nitrogen and oxygen atoms in total. The number of aliphatic imine (C=N–C) groups is 1. The maximum atomic E-state index is 10.8. The molecular weight excluding hydrogens is 521 g/mol. The van der Waals surface area contributed by atoms with Gasteiger partial charge in [0.2, 0.25) is 0 Å². The summed E-state index contributed by atoms with van der Waals surface area (Å²) in [6.07, 6.45) is 8.29. The van der Waals surface area contributed by atoms with E-state index in [4.69, 9.17) is 14.5 Å². The molecule has 1 aliphatic carbocycles. The van der Waals surface area contributed by atoms with E-state index in [0.29, 0.717) is 25.6 Å². The monoisotopic (exact) mass is 557 g/mol. The minimum atomic E-state index is -1.07. The van der Waals surface area contributed by atoms with Crippen molar-refractivity contribution in [3.05, 3.63) is 41.7 Å². The van der Waals surface area contributed by atoms with E-state index >= 15 is 0 Å². The zero-order valence-electron chi connectivity index (χ0n) is 19.4. The summed E-state index contributed by atoms with van der Waals surface area (Å²) in [4.78, 5) is 4.72. The average molecular weight is 557 g/mol. The number of aliphatic hydroxyl groups is 1. The third kappa shape index (κ3) is 6.99. The molecule has 0 amide bonds. The Hall–Kier alpha value is -2.01. The molecule has 3 N–H and O–H groups in total. The van der Waals surface area contributed by atoms with Crippen LogP contribution in [0.4, 0.5) is 0 Å². The largest absolute Gasteiger partial charge is 0.493 e. The van der Waals surface area contributed by atoms with E-state index < -0.39 is 5.60 Å². The van der Waals surface area contributed by atoms with Crippen LogP contribution < -0.4 is 20.1 Å². The topological polar surface area (TPSA) is 92.9 Å². The second kappa shape index (κ2) is 12.3. The summed E-state index contributed by atoms with van der Waals surface area (Å²) in [5.74, 6) is 2.14. The normalized spacial score (nSPS) is 16.2. The van der Waals surface area contributed by atoms with Crippen molar-refractivity contribution < 1.29 is 14.6 Å². The molecule has 0 bridgehead atoms. The number of nitrogens with zero attached hydrogens (tertiary/aromatic N) is 3. The van der Waals surface area contributed by atoms with Crippen LogP contribution in [0.2, 0.25) is 0 Å². The molecule has 2 aromatic rings. The summed E-state index contributed by atoms with van der Waals surface area (Å²) < 4.78 is 13.5. The second-order valence-electron chi connectivity index (χ2n) is 8.20. The van der Waals surface area contributed by atoms with E-state index in [9.17, 15) is 5.11 Å². The van der Waals surface area contributed by atoms with Gasteiger partial charge in [0.25, 0.3) is 0 Å². The van der Waals surface area contributed by atoms with Gasteiger partial charge in [-0.15, -0.1) is 24.0 Å². The highest BCUT2D eigenvalue weighted by molar-refractivity contribution is 14.0. The molecule has 1 saturated carbocycles. The number of aryl methyl sites for hydroxylation is 1.